The summed E-state index contributed by atoms with van der Waals surface area (Å²) in [5.74, 6) is 0.405. The second kappa shape index (κ2) is 10.4. The van der Waals surface area contributed by atoms with Crippen molar-refractivity contribution in [1.82, 2.24) is 10.6 Å². The molecule has 2 rings (SSSR count). The van der Waals surface area contributed by atoms with E-state index in [1.165, 1.54) is 33.5 Å². The molecule has 0 unspecified atom stereocenters. The summed E-state index contributed by atoms with van der Waals surface area (Å²) in [6.07, 6.45) is 0.670. The van der Waals surface area contributed by atoms with Crippen molar-refractivity contribution in [3.05, 3.63) is 52.5 Å². The molecular weight excluding hydrogens is 384 g/mol. The third-order valence-corrected chi connectivity index (χ3v) is 4.24. The topological polar surface area (TPSA) is 85.9 Å². The van der Waals surface area contributed by atoms with Crippen LogP contribution in [0.3, 0.4) is 0 Å². The molecule has 0 aliphatic rings. The minimum Gasteiger partial charge on any atom is -0.493 e. The zero-order chi connectivity index (χ0) is 20.5. The predicted octanol–water partition coefficient (Wildman–Crippen LogP) is 2.45. The molecule has 28 heavy (non-hydrogen) atoms. The largest absolute Gasteiger partial charge is 0.493 e. The van der Waals surface area contributed by atoms with Crippen LogP contribution in [0.15, 0.2) is 36.4 Å². The molecule has 0 saturated heterocycles. The second-order valence-corrected chi connectivity index (χ2v) is 6.26. The number of carbonyl (C=O) groups excluding carboxylic acids is 2. The lowest BCUT2D eigenvalue weighted by Gasteiger charge is -2.14. The number of methoxy groups -OCH3 is 3. The third kappa shape index (κ3) is 5.79. The van der Waals surface area contributed by atoms with Gasteiger partial charge in [0, 0.05) is 17.1 Å². The average molecular weight is 407 g/mol. The normalized spacial score (nSPS) is 10.1. The molecule has 0 bridgehead atoms. The van der Waals surface area contributed by atoms with E-state index in [2.05, 4.69) is 10.6 Å². The summed E-state index contributed by atoms with van der Waals surface area (Å²) in [4.78, 5) is 24.3. The Labute approximate surface area is 168 Å². The molecule has 7 nitrogen and oxygen atoms in total. The van der Waals surface area contributed by atoms with E-state index in [-0.39, 0.29) is 12.5 Å². The van der Waals surface area contributed by atoms with Gasteiger partial charge in [-0.15, -0.1) is 0 Å². The maximum Gasteiger partial charge on any atom is 0.251 e. The number of amides is 2. The highest BCUT2D eigenvalue weighted by Crippen LogP contribution is 2.38. The Bertz CT molecular complexity index is 799. The first-order valence-electron chi connectivity index (χ1n) is 8.57. The molecule has 2 aromatic rings. The highest BCUT2D eigenvalue weighted by atomic mass is 35.5. The maximum atomic E-state index is 12.4. The number of hydrogen-bond acceptors (Lipinski definition) is 5. The summed E-state index contributed by atoms with van der Waals surface area (Å²) < 4.78 is 15.7. The number of hydrogen-bond donors (Lipinski definition) is 2. The SMILES string of the molecule is COc1cc(C(=O)NCC(=O)NCCc2ccc(Cl)cc2)cc(OC)c1OC. The molecule has 0 fully saturated rings. The van der Waals surface area contributed by atoms with E-state index in [1.54, 1.807) is 12.1 Å². The van der Waals surface area contributed by atoms with Gasteiger partial charge in [-0.05, 0) is 36.2 Å². The highest BCUT2D eigenvalue weighted by molar-refractivity contribution is 6.30. The van der Waals surface area contributed by atoms with Crippen LogP contribution in [0.5, 0.6) is 17.2 Å². The van der Waals surface area contributed by atoms with E-state index in [9.17, 15) is 9.59 Å². The molecule has 0 aliphatic heterocycles. The monoisotopic (exact) mass is 406 g/mol. The summed E-state index contributed by atoms with van der Waals surface area (Å²) in [7, 11) is 4.41. The first-order valence-corrected chi connectivity index (χ1v) is 8.95. The van der Waals surface area contributed by atoms with Crippen LogP contribution >= 0.6 is 11.6 Å². The van der Waals surface area contributed by atoms with Crippen LogP contribution in [-0.4, -0.2) is 46.2 Å². The quantitative estimate of drug-likeness (QED) is 0.668. The van der Waals surface area contributed by atoms with Gasteiger partial charge in [0.15, 0.2) is 11.5 Å². The summed E-state index contributed by atoms with van der Waals surface area (Å²) in [6.45, 7) is 0.316. The molecule has 0 heterocycles. The smallest absolute Gasteiger partial charge is 0.251 e. The predicted molar refractivity (Wildman–Crippen MR) is 107 cm³/mol. The van der Waals surface area contributed by atoms with Gasteiger partial charge < -0.3 is 24.8 Å². The van der Waals surface area contributed by atoms with Gasteiger partial charge in [-0.1, -0.05) is 23.7 Å². The minimum absolute atomic E-state index is 0.143. The van der Waals surface area contributed by atoms with Crippen molar-refractivity contribution in [2.24, 2.45) is 0 Å². The molecule has 150 valence electrons. The molecule has 0 aliphatic carbocycles. The molecule has 8 heteroatoms. The Kier molecular flexibility index (Phi) is 7.95. The van der Waals surface area contributed by atoms with Crippen LogP contribution in [0.25, 0.3) is 0 Å². The summed E-state index contributed by atoms with van der Waals surface area (Å²) in [5.41, 5.74) is 1.36. The number of halogens is 1. The second-order valence-electron chi connectivity index (χ2n) is 5.82. The van der Waals surface area contributed by atoms with Gasteiger partial charge in [0.05, 0.1) is 27.9 Å². The van der Waals surface area contributed by atoms with Crippen LogP contribution < -0.4 is 24.8 Å². The molecule has 2 N–H and O–H groups in total. The van der Waals surface area contributed by atoms with Gasteiger partial charge in [0.25, 0.3) is 5.91 Å². The van der Waals surface area contributed by atoms with Gasteiger partial charge >= 0.3 is 0 Å². The Morgan fingerprint density at radius 2 is 1.54 bits per heavy atom. The average Bonchev–Trinajstić information content (AvgIpc) is 2.72. The van der Waals surface area contributed by atoms with E-state index in [4.69, 9.17) is 25.8 Å². The highest BCUT2D eigenvalue weighted by Gasteiger charge is 2.17. The van der Waals surface area contributed by atoms with Crippen molar-refractivity contribution >= 4 is 23.4 Å². The fraction of sp³-hybridized carbons (Fsp3) is 0.300. The molecule has 0 saturated carbocycles. The van der Waals surface area contributed by atoms with Gasteiger partial charge in [-0.3, -0.25) is 9.59 Å². The fourth-order valence-electron chi connectivity index (χ4n) is 2.53. The number of benzene rings is 2. The Balaban J connectivity index is 1.87. The zero-order valence-electron chi connectivity index (χ0n) is 16.0. The van der Waals surface area contributed by atoms with Crippen molar-refractivity contribution in [1.29, 1.82) is 0 Å². The molecule has 0 radical (unpaired) electrons. The van der Waals surface area contributed by atoms with E-state index in [0.29, 0.717) is 40.8 Å². The van der Waals surface area contributed by atoms with Crippen molar-refractivity contribution < 1.29 is 23.8 Å². The van der Waals surface area contributed by atoms with Gasteiger partial charge in [-0.25, -0.2) is 0 Å². The Hall–Kier alpha value is -2.93. The molecule has 0 atom stereocenters. The van der Waals surface area contributed by atoms with Gasteiger partial charge in [-0.2, -0.15) is 0 Å². The number of ether oxygens (including phenoxy) is 3. The van der Waals surface area contributed by atoms with E-state index >= 15 is 0 Å². The van der Waals surface area contributed by atoms with Crippen LogP contribution in [0.2, 0.25) is 5.02 Å². The number of nitrogens with one attached hydrogen (secondary N) is 2. The first kappa shape index (κ1) is 21.4. The molecule has 0 spiro atoms. The van der Waals surface area contributed by atoms with Crippen molar-refractivity contribution in [3.63, 3.8) is 0 Å². The molecule has 2 amide bonds. The van der Waals surface area contributed by atoms with Crippen LogP contribution in [-0.2, 0) is 11.2 Å². The molecular formula is C20H23ClN2O5. The van der Waals surface area contributed by atoms with Crippen molar-refractivity contribution in [3.8, 4) is 17.2 Å². The van der Waals surface area contributed by atoms with Crippen LogP contribution in [0.1, 0.15) is 15.9 Å². The summed E-state index contributed by atoms with van der Waals surface area (Å²) in [5, 5.41) is 6.00. The standard InChI is InChI=1S/C20H23ClN2O5/c1-26-16-10-14(11-17(27-2)19(16)28-3)20(25)23-12-18(24)22-9-8-13-4-6-15(21)7-5-13/h4-7,10-11H,8-9,12H2,1-3H3,(H,22,24)(H,23,25). The maximum absolute atomic E-state index is 12.4. The molecule has 2 aromatic carbocycles. The van der Waals surface area contributed by atoms with Gasteiger partial charge in [0.1, 0.15) is 0 Å². The molecule has 0 aromatic heterocycles. The Morgan fingerprint density at radius 3 is 2.07 bits per heavy atom. The van der Waals surface area contributed by atoms with E-state index in [0.717, 1.165) is 5.56 Å². The minimum atomic E-state index is -0.424. The number of carbonyl (C=O) groups is 2. The zero-order valence-corrected chi connectivity index (χ0v) is 16.8. The fourth-order valence-corrected chi connectivity index (χ4v) is 2.66. The van der Waals surface area contributed by atoms with Crippen LogP contribution in [0, 0.1) is 0 Å². The lowest BCUT2D eigenvalue weighted by atomic mass is 10.1. The lowest BCUT2D eigenvalue weighted by Crippen LogP contribution is -2.37. The van der Waals surface area contributed by atoms with Crippen molar-refractivity contribution in [2.75, 3.05) is 34.4 Å². The lowest BCUT2D eigenvalue weighted by molar-refractivity contribution is -0.120. The van der Waals surface area contributed by atoms with E-state index in [1.807, 2.05) is 12.1 Å². The van der Waals surface area contributed by atoms with Gasteiger partial charge in [0.2, 0.25) is 11.7 Å². The summed E-state index contributed by atoms with van der Waals surface area (Å²) in [6, 6.07) is 10.5. The number of rotatable bonds is 9. The first-order chi connectivity index (χ1) is 13.5. The third-order valence-electron chi connectivity index (χ3n) is 3.99. The van der Waals surface area contributed by atoms with Crippen molar-refractivity contribution in [2.45, 2.75) is 6.42 Å². The van der Waals surface area contributed by atoms with E-state index < -0.39 is 5.91 Å². The Morgan fingerprint density at radius 1 is 0.929 bits per heavy atom. The van der Waals surface area contributed by atoms with Crippen LogP contribution in [0.4, 0.5) is 0 Å². The summed E-state index contributed by atoms with van der Waals surface area (Å²) >= 11 is 5.84.